The molecule has 4 heterocycles. The number of halogens is 1. The highest BCUT2D eigenvalue weighted by molar-refractivity contribution is 7.89. The van der Waals surface area contributed by atoms with Crippen molar-refractivity contribution in [3.63, 3.8) is 0 Å². The van der Waals surface area contributed by atoms with Crippen LogP contribution in [0.2, 0.25) is 0 Å². The number of H-pyrrole nitrogens is 1. The summed E-state index contributed by atoms with van der Waals surface area (Å²) in [6, 6.07) is 14.0. The summed E-state index contributed by atoms with van der Waals surface area (Å²) in [5.41, 5.74) is 2.49. The SMILES string of the molecule is Cc1ccc(NC2CCN(S(=O)(=O)c3ccc(-c4cc5cc[nH]c5nc4F)cc3)CC2)nc1. The largest absolute Gasteiger partial charge is 0.367 e. The van der Waals surface area contributed by atoms with Crippen molar-refractivity contribution in [1.29, 1.82) is 0 Å². The first-order valence-corrected chi connectivity index (χ1v) is 12.3. The zero-order chi connectivity index (χ0) is 23.0. The number of aromatic amines is 1. The summed E-state index contributed by atoms with van der Waals surface area (Å²) in [5, 5.41) is 4.18. The number of piperidine rings is 1. The molecule has 170 valence electrons. The molecule has 1 aliphatic heterocycles. The quantitative estimate of drug-likeness (QED) is 0.428. The molecule has 3 aromatic heterocycles. The standard InChI is InChI=1S/C24H24FN5O2S/c1-16-2-7-22(27-15-16)28-19-9-12-30(13-10-19)33(31,32)20-5-3-17(4-6-20)21-14-18-8-11-26-24(18)29-23(21)25/h2-8,11,14-15,19H,9-10,12-13H2,1H3,(H,26,29)(H,27,28). The van der Waals surface area contributed by atoms with Gasteiger partial charge < -0.3 is 10.3 Å². The van der Waals surface area contributed by atoms with Crippen molar-refractivity contribution in [3.05, 3.63) is 72.4 Å². The Labute approximate surface area is 191 Å². The number of aryl methyl sites for hydroxylation is 1. The molecule has 0 radical (unpaired) electrons. The van der Waals surface area contributed by atoms with Crippen LogP contribution in [0.5, 0.6) is 0 Å². The first-order valence-electron chi connectivity index (χ1n) is 10.8. The second kappa shape index (κ2) is 8.57. The van der Waals surface area contributed by atoms with Gasteiger partial charge in [-0.25, -0.2) is 18.4 Å². The molecule has 0 saturated carbocycles. The number of pyridine rings is 2. The Kier molecular flexibility index (Phi) is 5.59. The average molecular weight is 466 g/mol. The van der Waals surface area contributed by atoms with E-state index in [1.165, 1.54) is 16.4 Å². The van der Waals surface area contributed by atoms with Crippen molar-refractivity contribution in [3.8, 4) is 11.1 Å². The molecule has 7 nitrogen and oxygen atoms in total. The van der Waals surface area contributed by atoms with Gasteiger partial charge >= 0.3 is 0 Å². The lowest BCUT2D eigenvalue weighted by atomic mass is 10.1. The lowest BCUT2D eigenvalue weighted by molar-refractivity contribution is 0.329. The number of benzene rings is 1. The Balaban J connectivity index is 1.28. The topological polar surface area (TPSA) is 91.0 Å². The van der Waals surface area contributed by atoms with Crippen LogP contribution in [0.15, 0.2) is 65.8 Å². The van der Waals surface area contributed by atoms with Gasteiger partial charge in [0.1, 0.15) is 11.5 Å². The molecule has 1 aliphatic rings. The first-order chi connectivity index (χ1) is 15.9. The number of nitrogens with zero attached hydrogens (tertiary/aromatic N) is 3. The average Bonchev–Trinajstić information content (AvgIpc) is 3.28. The fourth-order valence-electron chi connectivity index (χ4n) is 4.12. The predicted molar refractivity (Wildman–Crippen MR) is 126 cm³/mol. The molecule has 0 bridgehead atoms. The van der Waals surface area contributed by atoms with Crippen LogP contribution in [0.1, 0.15) is 18.4 Å². The minimum Gasteiger partial charge on any atom is -0.367 e. The minimum absolute atomic E-state index is 0.174. The fraction of sp³-hybridized carbons (Fsp3) is 0.250. The molecular weight excluding hydrogens is 441 g/mol. The monoisotopic (exact) mass is 465 g/mol. The van der Waals surface area contributed by atoms with Crippen molar-refractivity contribution in [2.24, 2.45) is 0 Å². The maximum absolute atomic E-state index is 14.5. The van der Waals surface area contributed by atoms with Gasteiger partial charge in [-0.3, -0.25) is 0 Å². The van der Waals surface area contributed by atoms with Gasteiger partial charge in [0.25, 0.3) is 0 Å². The van der Waals surface area contributed by atoms with E-state index in [4.69, 9.17) is 0 Å². The lowest BCUT2D eigenvalue weighted by Gasteiger charge is -2.32. The molecular formula is C24H24FN5O2S. The number of nitrogens with one attached hydrogen (secondary N) is 2. The molecule has 4 aromatic rings. The molecule has 2 N–H and O–H groups in total. The Hall–Kier alpha value is -3.30. The molecule has 1 aromatic carbocycles. The summed E-state index contributed by atoms with van der Waals surface area (Å²) in [5.74, 6) is 0.204. The number of anilines is 1. The first kappa shape index (κ1) is 21.5. The van der Waals surface area contributed by atoms with E-state index in [0.717, 1.165) is 16.8 Å². The van der Waals surface area contributed by atoms with E-state index in [1.807, 2.05) is 31.3 Å². The van der Waals surface area contributed by atoms with Gasteiger partial charge in [0, 0.05) is 42.5 Å². The molecule has 0 spiro atoms. The number of aromatic nitrogens is 3. The van der Waals surface area contributed by atoms with Crippen LogP contribution in [0, 0.1) is 12.9 Å². The van der Waals surface area contributed by atoms with Gasteiger partial charge in [0.05, 0.1) is 4.90 Å². The summed E-state index contributed by atoms with van der Waals surface area (Å²) in [7, 11) is -3.62. The number of rotatable bonds is 5. The highest BCUT2D eigenvalue weighted by Crippen LogP contribution is 2.28. The highest BCUT2D eigenvalue weighted by Gasteiger charge is 2.29. The normalized spacial score (nSPS) is 15.7. The Morgan fingerprint density at radius 3 is 2.55 bits per heavy atom. The van der Waals surface area contributed by atoms with Crippen LogP contribution in [0.25, 0.3) is 22.2 Å². The van der Waals surface area contributed by atoms with Gasteiger partial charge in [-0.15, -0.1) is 0 Å². The van der Waals surface area contributed by atoms with Crippen molar-refractivity contribution >= 4 is 26.9 Å². The van der Waals surface area contributed by atoms with Crippen LogP contribution < -0.4 is 5.32 Å². The second-order valence-corrected chi connectivity index (χ2v) is 10.2. The van der Waals surface area contributed by atoms with Crippen molar-refractivity contribution in [2.75, 3.05) is 18.4 Å². The molecule has 1 saturated heterocycles. The molecule has 9 heteroatoms. The van der Waals surface area contributed by atoms with Crippen molar-refractivity contribution in [1.82, 2.24) is 19.3 Å². The fourth-order valence-corrected chi connectivity index (χ4v) is 5.59. The molecule has 5 rings (SSSR count). The van der Waals surface area contributed by atoms with Gasteiger partial charge in [-0.1, -0.05) is 18.2 Å². The van der Waals surface area contributed by atoms with Crippen molar-refractivity contribution in [2.45, 2.75) is 30.7 Å². The van der Waals surface area contributed by atoms with E-state index >= 15 is 0 Å². The van der Waals surface area contributed by atoms with E-state index in [0.29, 0.717) is 42.7 Å². The second-order valence-electron chi connectivity index (χ2n) is 8.31. The van der Waals surface area contributed by atoms with E-state index < -0.39 is 16.0 Å². The third-order valence-corrected chi connectivity index (χ3v) is 7.92. The maximum atomic E-state index is 14.5. The van der Waals surface area contributed by atoms with Gasteiger partial charge in [0.15, 0.2) is 0 Å². The summed E-state index contributed by atoms with van der Waals surface area (Å²) in [4.78, 5) is 11.4. The zero-order valence-corrected chi connectivity index (χ0v) is 18.9. The van der Waals surface area contributed by atoms with Gasteiger partial charge in [0.2, 0.25) is 16.0 Å². The third-order valence-electron chi connectivity index (χ3n) is 6.01. The zero-order valence-electron chi connectivity index (χ0n) is 18.1. The molecule has 0 unspecified atom stereocenters. The number of hydrogen-bond acceptors (Lipinski definition) is 5. The maximum Gasteiger partial charge on any atom is 0.243 e. The number of sulfonamides is 1. The lowest BCUT2D eigenvalue weighted by Crippen LogP contribution is -2.42. The Bertz CT molecular complexity index is 1380. The summed E-state index contributed by atoms with van der Waals surface area (Å²) in [6.45, 7) is 2.84. The Morgan fingerprint density at radius 1 is 1.09 bits per heavy atom. The molecule has 33 heavy (non-hydrogen) atoms. The summed E-state index contributed by atoms with van der Waals surface area (Å²) >= 11 is 0. The highest BCUT2D eigenvalue weighted by atomic mass is 32.2. The molecule has 0 aliphatic carbocycles. The van der Waals surface area contributed by atoms with E-state index in [1.54, 1.807) is 24.4 Å². The summed E-state index contributed by atoms with van der Waals surface area (Å²) in [6.07, 6.45) is 4.90. The number of hydrogen-bond donors (Lipinski definition) is 2. The van der Waals surface area contributed by atoms with E-state index in [-0.39, 0.29) is 10.9 Å². The van der Waals surface area contributed by atoms with E-state index in [2.05, 4.69) is 20.3 Å². The Morgan fingerprint density at radius 2 is 1.85 bits per heavy atom. The smallest absolute Gasteiger partial charge is 0.243 e. The van der Waals surface area contributed by atoms with Crippen molar-refractivity contribution < 1.29 is 12.8 Å². The third kappa shape index (κ3) is 4.34. The van der Waals surface area contributed by atoms with Crippen LogP contribution in [-0.2, 0) is 10.0 Å². The van der Waals surface area contributed by atoms with Crippen LogP contribution >= 0.6 is 0 Å². The van der Waals surface area contributed by atoms with E-state index in [9.17, 15) is 12.8 Å². The molecule has 0 amide bonds. The van der Waals surface area contributed by atoms with Gasteiger partial charge in [-0.2, -0.15) is 8.70 Å². The number of fused-ring (bicyclic) bond motifs is 1. The minimum atomic E-state index is -3.62. The molecule has 0 atom stereocenters. The van der Waals surface area contributed by atoms with Gasteiger partial charge in [-0.05, 0) is 61.2 Å². The predicted octanol–water partition coefficient (Wildman–Crippen LogP) is 4.34. The summed E-state index contributed by atoms with van der Waals surface area (Å²) < 4.78 is 42.3. The van der Waals surface area contributed by atoms with Crippen LogP contribution in [-0.4, -0.2) is 46.8 Å². The van der Waals surface area contributed by atoms with Crippen LogP contribution in [0.3, 0.4) is 0 Å². The van der Waals surface area contributed by atoms with Crippen LogP contribution in [0.4, 0.5) is 10.2 Å². The molecule has 1 fully saturated rings.